The smallest absolute Gasteiger partial charge is 0.262 e. The lowest BCUT2D eigenvalue weighted by molar-refractivity contribution is -0.127. The minimum Gasteiger partial charge on any atom is -0.383 e. The predicted molar refractivity (Wildman–Crippen MR) is 124 cm³/mol. The standard InChI is InChI=1S/C22H24BrN3O3S/c1-15-6-4-5-7-16(15)13-25(2)20(27)14-30-22-24-19-9-8-17(23)12-18(19)21(28)26(22)10-11-29-3/h4-9,12H,10-11,13-14H2,1-3H3. The third-order valence-corrected chi connectivity index (χ3v) is 6.27. The van der Waals surface area contributed by atoms with E-state index in [1.54, 1.807) is 35.8 Å². The van der Waals surface area contributed by atoms with E-state index in [9.17, 15) is 9.59 Å². The highest BCUT2D eigenvalue weighted by atomic mass is 79.9. The molecule has 3 rings (SSSR count). The Morgan fingerprint density at radius 1 is 1.27 bits per heavy atom. The van der Waals surface area contributed by atoms with Crippen molar-refractivity contribution in [2.75, 3.05) is 26.5 Å². The highest BCUT2D eigenvalue weighted by Crippen LogP contribution is 2.21. The van der Waals surface area contributed by atoms with Gasteiger partial charge in [-0.15, -0.1) is 0 Å². The second kappa shape index (κ2) is 10.2. The summed E-state index contributed by atoms with van der Waals surface area (Å²) in [6, 6.07) is 13.4. The van der Waals surface area contributed by atoms with Gasteiger partial charge in [0.1, 0.15) is 0 Å². The third kappa shape index (κ3) is 5.30. The van der Waals surface area contributed by atoms with E-state index in [0.29, 0.717) is 35.8 Å². The predicted octanol–water partition coefficient (Wildman–Crippen LogP) is 3.86. The summed E-state index contributed by atoms with van der Waals surface area (Å²) < 4.78 is 7.55. The van der Waals surface area contributed by atoms with Crippen molar-refractivity contribution in [1.82, 2.24) is 14.5 Å². The number of amides is 1. The van der Waals surface area contributed by atoms with Gasteiger partial charge >= 0.3 is 0 Å². The first-order chi connectivity index (χ1) is 14.4. The van der Waals surface area contributed by atoms with Crippen LogP contribution in [0.15, 0.2) is 56.9 Å². The number of carbonyl (C=O) groups excluding carboxylic acids is 1. The van der Waals surface area contributed by atoms with Crippen molar-refractivity contribution in [2.45, 2.75) is 25.2 Å². The molecule has 0 aliphatic rings. The summed E-state index contributed by atoms with van der Waals surface area (Å²) in [7, 11) is 3.38. The molecular formula is C22H24BrN3O3S. The fourth-order valence-electron chi connectivity index (χ4n) is 3.03. The van der Waals surface area contributed by atoms with Crippen LogP contribution in [0.25, 0.3) is 10.9 Å². The molecule has 1 aromatic heterocycles. The van der Waals surface area contributed by atoms with Gasteiger partial charge in [0, 0.05) is 25.2 Å². The first-order valence-corrected chi connectivity index (χ1v) is 11.3. The maximum atomic E-state index is 13.0. The van der Waals surface area contributed by atoms with Crippen molar-refractivity contribution in [3.05, 3.63) is 68.4 Å². The summed E-state index contributed by atoms with van der Waals surface area (Å²) in [6.07, 6.45) is 0. The summed E-state index contributed by atoms with van der Waals surface area (Å²) in [5.41, 5.74) is 2.74. The molecule has 6 nitrogen and oxygen atoms in total. The molecular weight excluding hydrogens is 466 g/mol. The molecule has 1 heterocycles. The Balaban J connectivity index is 1.80. The fraction of sp³-hybridized carbons (Fsp3) is 0.318. The van der Waals surface area contributed by atoms with Gasteiger partial charge in [0.25, 0.3) is 5.56 Å². The van der Waals surface area contributed by atoms with Crippen LogP contribution in [0, 0.1) is 6.92 Å². The van der Waals surface area contributed by atoms with E-state index < -0.39 is 0 Å². The van der Waals surface area contributed by atoms with Crippen molar-refractivity contribution in [2.24, 2.45) is 0 Å². The molecule has 0 aliphatic heterocycles. The zero-order valence-corrected chi connectivity index (χ0v) is 19.6. The van der Waals surface area contributed by atoms with E-state index in [2.05, 4.69) is 20.9 Å². The lowest BCUT2D eigenvalue weighted by Gasteiger charge is -2.19. The Labute approximate surface area is 188 Å². The number of carbonyl (C=O) groups is 1. The molecule has 0 saturated heterocycles. The van der Waals surface area contributed by atoms with E-state index in [4.69, 9.17) is 4.74 Å². The molecule has 0 aliphatic carbocycles. The average Bonchev–Trinajstić information content (AvgIpc) is 2.73. The van der Waals surface area contributed by atoms with Gasteiger partial charge in [0.05, 0.1) is 29.8 Å². The summed E-state index contributed by atoms with van der Waals surface area (Å²) in [5.74, 6) is 0.177. The first-order valence-electron chi connectivity index (χ1n) is 9.51. The van der Waals surface area contributed by atoms with Gasteiger partial charge in [0.15, 0.2) is 5.16 Å². The zero-order valence-electron chi connectivity index (χ0n) is 17.2. The van der Waals surface area contributed by atoms with Crippen LogP contribution in [0.1, 0.15) is 11.1 Å². The molecule has 158 valence electrons. The Morgan fingerprint density at radius 2 is 2.03 bits per heavy atom. The van der Waals surface area contributed by atoms with E-state index in [1.807, 2.05) is 37.3 Å². The van der Waals surface area contributed by atoms with Crippen LogP contribution in [-0.2, 0) is 22.6 Å². The second-order valence-corrected chi connectivity index (χ2v) is 8.83. The summed E-state index contributed by atoms with van der Waals surface area (Å²) in [5, 5.41) is 1.05. The Kier molecular flexibility index (Phi) is 7.69. The van der Waals surface area contributed by atoms with Crippen LogP contribution in [-0.4, -0.2) is 46.9 Å². The van der Waals surface area contributed by atoms with Gasteiger partial charge in [-0.3, -0.25) is 14.2 Å². The van der Waals surface area contributed by atoms with Crippen molar-refractivity contribution in [3.63, 3.8) is 0 Å². The van der Waals surface area contributed by atoms with Gasteiger partial charge < -0.3 is 9.64 Å². The number of thioether (sulfide) groups is 1. The topological polar surface area (TPSA) is 64.4 Å². The van der Waals surface area contributed by atoms with Gasteiger partial charge in [-0.1, -0.05) is 52.0 Å². The number of fused-ring (bicyclic) bond motifs is 1. The number of ether oxygens (including phenoxy) is 1. The van der Waals surface area contributed by atoms with Crippen molar-refractivity contribution in [3.8, 4) is 0 Å². The maximum absolute atomic E-state index is 13.0. The molecule has 30 heavy (non-hydrogen) atoms. The molecule has 0 unspecified atom stereocenters. The van der Waals surface area contributed by atoms with E-state index in [0.717, 1.165) is 15.6 Å². The van der Waals surface area contributed by atoms with Crippen molar-refractivity contribution < 1.29 is 9.53 Å². The third-order valence-electron chi connectivity index (χ3n) is 4.82. The molecule has 8 heteroatoms. The number of nitrogens with zero attached hydrogens (tertiary/aromatic N) is 3. The first kappa shape index (κ1) is 22.5. The van der Waals surface area contributed by atoms with Gasteiger partial charge in [-0.25, -0.2) is 4.98 Å². The van der Waals surface area contributed by atoms with Crippen LogP contribution < -0.4 is 5.56 Å². The largest absolute Gasteiger partial charge is 0.383 e. The Bertz CT molecular complexity index is 1120. The van der Waals surface area contributed by atoms with Crippen LogP contribution in [0.2, 0.25) is 0 Å². The molecule has 2 aromatic carbocycles. The summed E-state index contributed by atoms with van der Waals surface area (Å²) in [6.45, 7) is 3.34. The zero-order chi connectivity index (χ0) is 21.7. The SMILES string of the molecule is COCCn1c(SCC(=O)N(C)Cc2ccccc2C)nc2ccc(Br)cc2c1=O. The molecule has 0 saturated carbocycles. The number of halogens is 1. The molecule has 0 N–H and O–H groups in total. The Morgan fingerprint density at radius 3 is 2.77 bits per heavy atom. The van der Waals surface area contributed by atoms with Gasteiger partial charge in [-0.05, 0) is 36.2 Å². The molecule has 0 radical (unpaired) electrons. The van der Waals surface area contributed by atoms with E-state index in [-0.39, 0.29) is 17.2 Å². The van der Waals surface area contributed by atoms with Crippen LogP contribution >= 0.6 is 27.7 Å². The monoisotopic (exact) mass is 489 g/mol. The minimum atomic E-state index is -0.137. The number of methoxy groups -OCH3 is 1. The number of aromatic nitrogens is 2. The quantitative estimate of drug-likeness (QED) is 0.355. The lowest BCUT2D eigenvalue weighted by Crippen LogP contribution is -2.29. The number of hydrogen-bond acceptors (Lipinski definition) is 5. The van der Waals surface area contributed by atoms with Crippen LogP contribution in [0.5, 0.6) is 0 Å². The summed E-state index contributed by atoms with van der Waals surface area (Å²) in [4.78, 5) is 32.0. The minimum absolute atomic E-state index is 0.0216. The fourth-order valence-corrected chi connectivity index (χ4v) is 4.36. The number of aryl methyl sites for hydroxylation is 1. The Hall–Kier alpha value is -2.16. The van der Waals surface area contributed by atoms with Crippen molar-refractivity contribution >= 4 is 44.5 Å². The molecule has 3 aromatic rings. The lowest BCUT2D eigenvalue weighted by atomic mass is 10.1. The summed E-state index contributed by atoms with van der Waals surface area (Å²) >= 11 is 4.68. The number of rotatable bonds is 8. The van der Waals surface area contributed by atoms with Crippen molar-refractivity contribution in [1.29, 1.82) is 0 Å². The second-order valence-electron chi connectivity index (χ2n) is 6.97. The molecule has 1 amide bonds. The molecule has 0 bridgehead atoms. The van der Waals surface area contributed by atoms with E-state index >= 15 is 0 Å². The normalized spacial score (nSPS) is 11.1. The molecule has 0 fully saturated rings. The van der Waals surface area contributed by atoms with E-state index in [1.165, 1.54) is 11.8 Å². The van der Waals surface area contributed by atoms with Crippen LogP contribution in [0.4, 0.5) is 0 Å². The average molecular weight is 490 g/mol. The van der Waals surface area contributed by atoms with Crippen LogP contribution in [0.3, 0.4) is 0 Å². The van der Waals surface area contributed by atoms with Gasteiger partial charge in [0.2, 0.25) is 5.91 Å². The number of benzene rings is 2. The maximum Gasteiger partial charge on any atom is 0.262 e. The van der Waals surface area contributed by atoms with Gasteiger partial charge in [-0.2, -0.15) is 0 Å². The molecule has 0 atom stereocenters. The highest BCUT2D eigenvalue weighted by molar-refractivity contribution is 9.10. The number of hydrogen-bond donors (Lipinski definition) is 0. The molecule has 0 spiro atoms. The highest BCUT2D eigenvalue weighted by Gasteiger charge is 2.16.